The lowest BCUT2D eigenvalue weighted by atomic mass is 10.2. The number of aliphatic hydroxyl groups is 2. The smallest absolute Gasteiger partial charge is 0.214 e. The highest BCUT2D eigenvalue weighted by molar-refractivity contribution is 4.64. The van der Waals surface area contributed by atoms with Gasteiger partial charge in [0.05, 0.1) is 0 Å². The maximum absolute atomic E-state index is 8.83. The predicted octanol–water partition coefficient (Wildman–Crippen LogP) is 0.373. The highest BCUT2D eigenvalue weighted by Gasteiger charge is 2.18. The lowest BCUT2D eigenvalue weighted by Crippen LogP contribution is -2.44. The van der Waals surface area contributed by atoms with E-state index in [1.54, 1.807) is 4.90 Å². The van der Waals surface area contributed by atoms with Crippen molar-refractivity contribution < 1.29 is 10.2 Å². The molecule has 0 amide bonds. The molecule has 3 heteroatoms. The summed E-state index contributed by atoms with van der Waals surface area (Å²) in [5.74, 6) is 0. The molecule has 0 aromatic carbocycles. The van der Waals surface area contributed by atoms with Gasteiger partial charge in [0.25, 0.3) is 0 Å². The van der Waals surface area contributed by atoms with Gasteiger partial charge in [-0.25, -0.2) is 0 Å². The zero-order valence-corrected chi connectivity index (χ0v) is 7.07. The standard InChI is InChI=1S/C7H17NO2/c1-5(2)8(6(3)4)7(9)10/h5-7,9-10H,1-4H3. The fourth-order valence-corrected chi connectivity index (χ4v) is 1.13. The molecule has 0 unspecified atom stereocenters. The van der Waals surface area contributed by atoms with Crippen LogP contribution in [0, 0.1) is 0 Å². The second kappa shape index (κ2) is 3.91. The van der Waals surface area contributed by atoms with E-state index in [0.717, 1.165) is 0 Å². The van der Waals surface area contributed by atoms with Gasteiger partial charge in [-0.1, -0.05) is 0 Å². The largest absolute Gasteiger partial charge is 0.356 e. The quantitative estimate of drug-likeness (QED) is 0.567. The third-order valence-corrected chi connectivity index (χ3v) is 1.46. The van der Waals surface area contributed by atoms with Crippen LogP contribution in [-0.4, -0.2) is 33.6 Å². The lowest BCUT2D eigenvalue weighted by Gasteiger charge is -2.31. The molecule has 0 heterocycles. The normalized spacial score (nSPS) is 12.6. The van der Waals surface area contributed by atoms with E-state index in [1.807, 2.05) is 27.7 Å². The minimum atomic E-state index is -1.33. The zero-order chi connectivity index (χ0) is 8.31. The molecule has 0 spiro atoms. The van der Waals surface area contributed by atoms with Crippen LogP contribution in [0.15, 0.2) is 0 Å². The monoisotopic (exact) mass is 147 g/mol. The van der Waals surface area contributed by atoms with Crippen molar-refractivity contribution in [3.05, 3.63) is 0 Å². The van der Waals surface area contributed by atoms with Gasteiger partial charge in [-0.15, -0.1) is 0 Å². The third-order valence-electron chi connectivity index (χ3n) is 1.46. The molecule has 0 saturated carbocycles. The summed E-state index contributed by atoms with van der Waals surface area (Å²) < 4.78 is 0. The topological polar surface area (TPSA) is 43.7 Å². The van der Waals surface area contributed by atoms with E-state index in [4.69, 9.17) is 10.2 Å². The molecular formula is C7H17NO2. The molecule has 0 aromatic heterocycles. The molecule has 0 aliphatic rings. The first-order valence-electron chi connectivity index (χ1n) is 3.60. The summed E-state index contributed by atoms with van der Waals surface area (Å²) in [6.45, 7) is 7.72. The Balaban J connectivity index is 3.98. The van der Waals surface area contributed by atoms with Gasteiger partial charge < -0.3 is 10.2 Å². The molecule has 0 atom stereocenters. The van der Waals surface area contributed by atoms with Crippen LogP contribution in [-0.2, 0) is 0 Å². The molecule has 0 aromatic rings. The van der Waals surface area contributed by atoms with E-state index < -0.39 is 6.41 Å². The van der Waals surface area contributed by atoms with Crippen LogP contribution >= 0.6 is 0 Å². The molecule has 0 radical (unpaired) electrons. The molecule has 0 fully saturated rings. The highest BCUT2D eigenvalue weighted by atomic mass is 16.5. The number of nitrogens with zero attached hydrogens (tertiary/aromatic N) is 1. The highest BCUT2D eigenvalue weighted by Crippen LogP contribution is 2.06. The van der Waals surface area contributed by atoms with Crippen molar-refractivity contribution >= 4 is 0 Å². The van der Waals surface area contributed by atoms with Crippen LogP contribution in [0.5, 0.6) is 0 Å². The van der Waals surface area contributed by atoms with Crippen molar-refractivity contribution in [2.45, 2.75) is 46.2 Å². The van der Waals surface area contributed by atoms with E-state index in [2.05, 4.69) is 0 Å². The molecule has 3 nitrogen and oxygen atoms in total. The fourth-order valence-electron chi connectivity index (χ4n) is 1.13. The second-order valence-electron chi connectivity index (χ2n) is 2.98. The molecule has 10 heavy (non-hydrogen) atoms. The SMILES string of the molecule is CC(C)N(C(C)C)C(O)O. The second-order valence-corrected chi connectivity index (χ2v) is 2.98. The van der Waals surface area contributed by atoms with Crippen LogP contribution in [0.1, 0.15) is 27.7 Å². The Kier molecular flexibility index (Phi) is 3.86. The molecule has 0 rings (SSSR count). The van der Waals surface area contributed by atoms with Crippen molar-refractivity contribution in [2.75, 3.05) is 0 Å². The summed E-state index contributed by atoms with van der Waals surface area (Å²) in [5, 5.41) is 17.7. The Morgan fingerprint density at radius 3 is 1.20 bits per heavy atom. The average Bonchev–Trinajstić information content (AvgIpc) is 1.59. The average molecular weight is 147 g/mol. The summed E-state index contributed by atoms with van der Waals surface area (Å²) in [5.41, 5.74) is 0. The third kappa shape index (κ3) is 2.64. The van der Waals surface area contributed by atoms with Gasteiger partial charge in [0, 0.05) is 12.1 Å². The van der Waals surface area contributed by atoms with Crippen molar-refractivity contribution in [3.63, 3.8) is 0 Å². The van der Waals surface area contributed by atoms with Gasteiger partial charge in [-0.05, 0) is 27.7 Å². The summed E-state index contributed by atoms with van der Waals surface area (Å²) in [6.07, 6.45) is -1.33. The van der Waals surface area contributed by atoms with Crippen LogP contribution < -0.4 is 0 Å². The Labute approximate surface area is 62.3 Å². The number of hydrogen-bond donors (Lipinski definition) is 2. The molecule has 2 N–H and O–H groups in total. The maximum atomic E-state index is 8.83. The van der Waals surface area contributed by atoms with Gasteiger partial charge in [-0.2, -0.15) is 0 Å². The molecule has 0 saturated heterocycles. The first-order chi connectivity index (χ1) is 4.46. The number of hydrogen-bond acceptors (Lipinski definition) is 3. The van der Waals surface area contributed by atoms with E-state index >= 15 is 0 Å². The molecule has 0 aliphatic carbocycles. The van der Waals surface area contributed by atoms with Crippen LogP contribution in [0.4, 0.5) is 0 Å². The van der Waals surface area contributed by atoms with Crippen molar-refractivity contribution in [1.29, 1.82) is 0 Å². The Morgan fingerprint density at radius 2 is 1.20 bits per heavy atom. The Morgan fingerprint density at radius 1 is 0.900 bits per heavy atom. The fraction of sp³-hybridized carbons (Fsp3) is 1.00. The van der Waals surface area contributed by atoms with Gasteiger partial charge in [0.2, 0.25) is 6.41 Å². The first kappa shape index (κ1) is 9.88. The lowest BCUT2D eigenvalue weighted by molar-refractivity contribution is -0.177. The summed E-state index contributed by atoms with van der Waals surface area (Å²) in [6, 6.07) is 0.333. The van der Waals surface area contributed by atoms with Crippen molar-refractivity contribution in [2.24, 2.45) is 0 Å². The zero-order valence-electron chi connectivity index (χ0n) is 7.07. The van der Waals surface area contributed by atoms with E-state index in [0.29, 0.717) is 0 Å². The Hall–Kier alpha value is -0.120. The summed E-state index contributed by atoms with van der Waals surface area (Å²) >= 11 is 0. The van der Waals surface area contributed by atoms with Gasteiger partial charge in [-0.3, -0.25) is 4.90 Å². The molecular weight excluding hydrogens is 130 g/mol. The minimum Gasteiger partial charge on any atom is -0.356 e. The van der Waals surface area contributed by atoms with Crippen molar-refractivity contribution in [3.8, 4) is 0 Å². The summed E-state index contributed by atoms with van der Waals surface area (Å²) in [7, 11) is 0. The molecule has 0 bridgehead atoms. The Bertz CT molecular complexity index is 72.6. The van der Waals surface area contributed by atoms with Gasteiger partial charge >= 0.3 is 0 Å². The van der Waals surface area contributed by atoms with E-state index in [1.165, 1.54) is 0 Å². The maximum Gasteiger partial charge on any atom is 0.214 e. The van der Waals surface area contributed by atoms with Crippen LogP contribution in [0.25, 0.3) is 0 Å². The van der Waals surface area contributed by atoms with E-state index in [-0.39, 0.29) is 12.1 Å². The summed E-state index contributed by atoms with van der Waals surface area (Å²) in [4.78, 5) is 1.61. The van der Waals surface area contributed by atoms with Crippen LogP contribution in [0.3, 0.4) is 0 Å². The van der Waals surface area contributed by atoms with Gasteiger partial charge in [0.15, 0.2) is 0 Å². The predicted molar refractivity (Wildman–Crippen MR) is 40.3 cm³/mol. The first-order valence-corrected chi connectivity index (χ1v) is 3.60. The minimum absolute atomic E-state index is 0.167. The van der Waals surface area contributed by atoms with Crippen LogP contribution in [0.2, 0.25) is 0 Å². The van der Waals surface area contributed by atoms with E-state index in [9.17, 15) is 0 Å². The molecule has 0 aliphatic heterocycles. The number of rotatable bonds is 3. The molecule has 62 valence electrons. The van der Waals surface area contributed by atoms with Gasteiger partial charge in [0.1, 0.15) is 0 Å². The van der Waals surface area contributed by atoms with Crippen molar-refractivity contribution in [1.82, 2.24) is 4.90 Å². The number of aliphatic hydroxyl groups excluding tert-OH is 1.